The Bertz CT molecular complexity index is 901. The molecule has 2 aromatic carbocycles. The smallest absolute Gasteiger partial charge is 0.253 e. The molecule has 3 N–H and O–H groups in total. The molecule has 0 aromatic heterocycles. The number of nitrogens with one attached hydrogen (secondary N) is 1. The van der Waals surface area contributed by atoms with Crippen LogP contribution in [0, 0.1) is 11.3 Å². The first kappa shape index (κ1) is 18.0. The second-order valence-electron chi connectivity index (χ2n) is 6.24. The number of hydrogen-bond acceptors (Lipinski definition) is 4. The molecule has 0 atom stereocenters. The average Bonchev–Trinajstić information content (AvgIpc) is 2.62. The fraction of sp³-hybridized carbons (Fsp3) is 0.200. The van der Waals surface area contributed by atoms with E-state index in [9.17, 15) is 4.79 Å². The largest absolute Gasteiger partial charge is 0.401 e. The maximum atomic E-state index is 12.5. The van der Waals surface area contributed by atoms with Crippen LogP contribution in [0.2, 0.25) is 5.02 Å². The van der Waals surface area contributed by atoms with Crippen LogP contribution >= 0.6 is 11.6 Å². The van der Waals surface area contributed by atoms with E-state index in [1.165, 1.54) is 0 Å². The Labute approximate surface area is 157 Å². The van der Waals surface area contributed by atoms with Gasteiger partial charge in [0.25, 0.3) is 5.91 Å². The highest BCUT2D eigenvalue weighted by Gasteiger charge is 2.22. The number of nitriles is 1. The summed E-state index contributed by atoms with van der Waals surface area (Å²) in [4.78, 5) is 14.7. The van der Waals surface area contributed by atoms with Gasteiger partial charge in [0.05, 0.1) is 11.6 Å². The molecule has 1 heterocycles. The third-order valence-corrected chi connectivity index (χ3v) is 4.51. The zero-order valence-electron chi connectivity index (χ0n) is 14.2. The zero-order chi connectivity index (χ0) is 18.5. The summed E-state index contributed by atoms with van der Waals surface area (Å²) in [6.45, 7) is 2.02. The minimum Gasteiger partial charge on any atom is -0.401 e. The molecular formula is C20H19ClN4O. The Kier molecular flexibility index (Phi) is 5.57. The van der Waals surface area contributed by atoms with E-state index in [1.54, 1.807) is 24.3 Å². The minimum absolute atomic E-state index is 0.208. The first-order valence-electron chi connectivity index (χ1n) is 8.31. The maximum Gasteiger partial charge on any atom is 0.253 e. The number of rotatable bonds is 4. The monoisotopic (exact) mass is 366 g/mol. The molecule has 3 rings (SSSR count). The van der Waals surface area contributed by atoms with Gasteiger partial charge in [0.2, 0.25) is 0 Å². The predicted molar refractivity (Wildman–Crippen MR) is 102 cm³/mol. The molecule has 26 heavy (non-hydrogen) atoms. The highest BCUT2D eigenvalue weighted by atomic mass is 35.5. The van der Waals surface area contributed by atoms with Crippen molar-refractivity contribution in [2.24, 2.45) is 5.73 Å². The van der Waals surface area contributed by atoms with Crippen molar-refractivity contribution in [2.45, 2.75) is 13.0 Å². The molecular weight excluding hydrogens is 348 g/mol. The van der Waals surface area contributed by atoms with Gasteiger partial charge in [-0.1, -0.05) is 29.8 Å². The summed E-state index contributed by atoms with van der Waals surface area (Å²) in [5.41, 5.74) is 9.56. The lowest BCUT2D eigenvalue weighted by Gasteiger charge is -2.28. The lowest BCUT2D eigenvalue weighted by molar-refractivity contribution is -0.113. The Morgan fingerprint density at radius 2 is 2.08 bits per heavy atom. The molecule has 0 radical (unpaired) electrons. The van der Waals surface area contributed by atoms with Gasteiger partial charge >= 0.3 is 0 Å². The number of hydrogen-bond donors (Lipinski definition) is 2. The quantitative estimate of drug-likeness (QED) is 0.870. The van der Waals surface area contributed by atoms with Gasteiger partial charge in [-0.25, -0.2) is 0 Å². The number of nitrogens with two attached hydrogens (primary N) is 1. The number of carbonyl (C=O) groups excluding carboxylic acids is 1. The maximum absolute atomic E-state index is 12.5. The molecule has 1 amide bonds. The number of anilines is 1. The van der Waals surface area contributed by atoms with E-state index in [0.29, 0.717) is 40.5 Å². The molecule has 2 aromatic rings. The van der Waals surface area contributed by atoms with Gasteiger partial charge in [-0.05, 0) is 42.3 Å². The Hall–Kier alpha value is -2.81. The number of halogens is 1. The minimum atomic E-state index is -0.208. The van der Waals surface area contributed by atoms with Crippen molar-refractivity contribution >= 4 is 23.2 Å². The highest BCUT2D eigenvalue weighted by Crippen LogP contribution is 2.20. The predicted octanol–water partition coefficient (Wildman–Crippen LogP) is 3.27. The van der Waals surface area contributed by atoms with Crippen LogP contribution in [-0.4, -0.2) is 23.9 Å². The third kappa shape index (κ3) is 4.42. The highest BCUT2D eigenvalue weighted by molar-refractivity contribution is 6.30. The summed E-state index contributed by atoms with van der Waals surface area (Å²) in [6.07, 6.45) is 0.580. The molecule has 0 saturated heterocycles. The van der Waals surface area contributed by atoms with Crippen LogP contribution in [0.4, 0.5) is 5.69 Å². The lowest BCUT2D eigenvalue weighted by atomic mass is 10.0. The average molecular weight is 367 g/mol. The number of benzene rings is 2. The van der Waals surface area contributed by atoms with Gasteiger partial charge in [0, 0.05) is 41.6 Å². The third-order valence-electron chi connectivity index (χ3n) is 4.28. The zero-order valence-corrected chi connectivity index (χ0v) is 15.0. The Morgan fingerprint density at radius 1 is 1.27 bits per heavy atom. The number of nitrogens with zero attached hydrogens (tertiary/aromatic N) is 2. The second-order valence-corrected chi connectivity index (χ2v) is 6.68. The van der Waals surface area contributed by atoms with Crippen molar-refractivity contribution in [3.05, 3.63) is 76.0 Å². The van der Waals surface area contributed by atoms with Crippen LogP contribution in [0.25, 0.3) is 0 Å². The van der Waals surface area contributed by atoms with Crippen molar-refractivity contribution in [1.82, 2.24) is 4.90 Å². The fourth-order valence-corrected chi connectivity index (χ4v) is 3.22. The molecule has 0 aliphatic carbocycles. The molecule has 0 spiro atoms. The molecule has 0 fully saturated rings. The van der Waals surface area contributed by atoms with E-state index in [1.807, 2.05) is 24.3 Å². The molecule has 1 aliphatic heterocycles. The van der Waals surface area contributed by atoms with E-state index in [-0.39, 0.29) is 5.91 Å². The number of carbonyl (C=O) groups is 1. The summed E-state index contributed by atoms with van der Waals surface area (Å²) in [6, 6.07) is 16.6. The SMILES string of the molecule is N#Cc1cccc(NC(=O)C2=C(N)CN(Cc3cccc(Cl)c3)CC2)c1. The van der Waals surface area contributed by atoms with Gasteiger partial charge in [0.1, 0.15) is 0 Å². The van der Waals surface area contributed by atoms with Gasteiger partial charge in [0.15, 0.2) is 0 Å². The molecule has 6 heteroatoms. The van der Waals surface area contributed by atoms with Crippen LogP contribution in [0.15, 0.2) is 59.8 Å². The first-order valence-corrected chi connectivity index (χ1v) is 8.69. The molecule has 0 unspecified atom stereocenters. The van der Waals surface area contributed by atoms with Crippen LogP contribution in [-0.2, 0) is 11.3 Å². The normalized spacial score (nSPS) is 14.8. The Morgan fingerprint density at radius 3 is 2.81 bits per heavy atom. The first-order chi connectivity index (χ1) is 12.5. The van der Waals surface area contributed by atoms with Crippen LogP contribution in [0.1, 0.15) is 17.5 Å². The fourth-order valence-electron chi connectivity index (χ4n) is 3.01. The Balaban J connectivity index is 1.65. The van der Waals surface area contributed by atoms with Crippen molar-refractivity contribution in [3.63, 3.8) is 0 Å². The van der Waals surface area contributed by atoms with Gasteiger partial charge in [-0.2, -0.15) is 5.26 Å². The van der Waals surface area contributed by atoms with Crippen LogP contribution < -0.4 is 11.1 Å². The summed E-state index contributed by atoms with van der Waals surface area (Å²) in [5.74, 6) is -0.208. The number of amides is 1. The van der Waals surface area contributed by atoms with E-state index < -0.39 is 0 Å². The van der Waals surface area contributed by atoms with Crippen LogP contribution in [0.5, 0.6) is 0 Å². The summed E-state index contributed by atoms with van der Waals surface area (Å²) < 4.78 is 0. The summed E-state index contributed by atoms with van der Waals surface area (Å²) >= 11 is 6.03. The van der Waals surface area contributed by atoms with E-state index >= 15 is 0 Å². The topological polar surface area (TPSA) is 82.1 Å². The van der Waals surface area contributed by atoms with E-state index in [4.69, 9.17) is 22.6 Å². The van der Waals surface area contributed by atoms with Crippen molar-refractivity contribution in [1.29, 1.82) is 5.26 Å². The standard InChI is InChI=1S/C20H19ClN4O/c21-16-5-1-4-15(9-16)12-25-8-7-18(19(23)13-25)20(26)24-17-6-2-3-14(10-17)11-22/h1-6,9-10H,7-8,12-13,23H2,(H,24,26). The van der Waals surface area contributed by atoms with E-state index in [0.717, 1.165) is 18.7 Å². The van der Waals surface area contributed by atoms with Crippen molar-refractivity contribution in [2.75, 3.05) is 18.4 Å². The molecule has 0 bridgehead atoms. The molecule has 132 valence electrons. The summed E-state index contributed by atoms with van der Waals surface area (Å²) in [7, 11) is 0. The molecule has 5 nitrogen and oxygen atoms in total. The van der Waals surface area contributed by atoms with Gasteiger partial charge < -0.3 is 11.1 Å². The molecule has 0 saturated carbocycles. The van der Waals surface area contributed by atoms with Crippen molar-refractivity contribution in [3.8, 4) is 6.07 Å². The lowest BCUT2D eigenvalue weighted by Crippen LogP contribution is -2.36. The summed E-state index contributed by atoms with van der Waals surface area (Å²) in [5, 5.41) is 12.5. The van der Waals surface area contributed by atoms with E-state index in [2.05, 4.69) is 16.3 Å². The molecule has 1 aliphatic rings. The van der Waals surface area contributed by atoms with Gasteiger partial charge in [-0.3, -0.25) is 9.69 Å². The van der Waals surface area contributed by atoms with Crippen molar-refractivity contribution < 1.29 is 4.79 Å². The van der Waals surface area contributed by atoms with Gasteiger partial charge in [-0.15, -0.1) is 0 Å². The second kappa shape index (κ2) is 8.05. The van der Waals surface area contributed by atoms with Crippen LogP contribution in [0.3, 0.4) is 0 Å².